The number of nitrogens with one attached hydrogen (secondary N) is 1. The summed E-state index contributed by atoms with van der Waals surface area (Å²) >= 11 is 5.76. The molecule has 0 aliphatic carbocycles. The van der Waals surface area contributed by atoms with Crippen molar-refractivity contribution < 1.29 is 0 Å². The van der Waals surface area contributed by atoms with Crippen LogP contribution in [0.4, 0.5) is 0 Å². The molecule has 1 saturated heterocycles. The molecule has 1 aliphatic heterocycles. The van der Waals surface area contributed by atoms with Gasteiger partial charge in [-0.1, -0.05) is 36.4 Å². The zero-order chi connectivity index (χ0) is 19.0. The molecule has 2 atom stereocenters. The van der Waals surface area contributed by atoms with E-state index in [1.807, 2.05) is 24.4 Å². The van der Waals surface area contributed by atoms with Gasteiger partial charge in [-0.15, -0.1) is 0 Å². The van der Waals surface area contributed by atoms with E-state index in [9.17, 15) is 0 Å². The highest BCUT2D eigenvalue weighted by Crippen LogP contribution is 2.41. The molecular formula is C22H24N4S. The lowest BCUT2D eigenvalue weighted by Crippen LogP contribution is -2.29. The van der Waals surface area contributed by atoms with E-state index in [4.69, 9.17) is 12.2 Å². The number of hydrogen-bond donors (Lipinski definition) is 1. The van der Waals surface area contributed by atoms with E-state index in [-0.39, 0.29) is 12.1 Å². The molecule has 0 amide bonds. The predicted octanol–water partition coefficient (Wildman–Crippen LogP) is 4.21. The summed E-state index contributed by atoms with van der Waals surface area (Å²) in [4.78, 5) is 6.91. The van der Waals surface area contributed by atoms with Gasteiger partial charge in [-0.25, -0.2) is 0 Å². The van der Waals surface area contributed by atoms with E-state index in [0.29, 0.717) is 0 Å². The van der Waals surface area contributed by atoms with Crippen LogP contribution in [0.5, 0.6) is 0 Å². The summed E-state index contributed by atoms with van der Waals surface area (Å²) in [6.45, 7) is 5.10. The first-order chi connectivity index (χ1) is 13.1. The van der Waals surface area contributed by atoms with Gasteiger partial charge in [0.25, 0.3) is 0 Å². The van der Waals surface area contributed by atoms with Crippen LogP contribution in [0, 0.1) is 13.8 Å². The maximum atomic E-state index is 5.76. The molecule has 4 nitrogen and oxygen atoms in total. The SMILES string of the molecule is Cc1cc([C@@H]2[C@@H](c3ccccn3)NC(=S)N2Cc2ccccc2)c(C)n1C. The summed E-state index contributed by atoms with van der Waals surface area (Å²) in [5.41, 5.74) is 6.08. The molecule has 138 valence electrons. The van der Waals surface area contributed by atoms with Gasteiger partial charge in [-0.3, -0.25) is 4.98 Å². The van der Waals surface area contributed by atoms with E-state index in [0.717, 1.165) is 17.4 Å². The molecule has 0 saturated carbocycles. The first-order valence-corrected chi connectivity index (χ1v) is 9.62. The van der Waals surface area contributed by atoms with Crippen molar-refractivity contribution in [3.05, 3.63) is 89.0 Å². The minimum atomic E-state index is 0.0305. The van der Waals surface area contributed by atoms with Crippen LogP contribution in [0.3, 0.4) is 0 Å². The smallest absolute Gasteiger partial charge is 0.170 e. The van der Waals surface area contributed by atoms with Crippen LogP contribution in [0.1, 0.15) is 40.3 Å². The average Bonchev–Trinajstić information content (AvgIpc) is 3.14. The third-order valence-electron chi connectivity index (χ3n) is 5.53. The number of aryl methyl sites for hydroxylation is 1. The topological polar surface area (TPSA) is 33.1 Å². The number of pyridine rings is 1. The van der Waals surface area contributed by atoms with E-state index in [1.165, 1.54) is 22.5 Å². The number of aromatic nitrogens is 2. The highest BCUT2D eigenvalue weighted by atomic mass is 32.1. The molecule has 5 heteroatoms. The third-order valence-corrected chi connectivity index (χ3v) is 5.88. The molecular weight excluding hydrogens is 352 g/mol. The fraction of sp³-hybridized carbons (Fsp3) is 0.273. The summed E-state index contributed by atoms with van der Waals surface area (Å²) in [6.07, 6.45) is 1.85. The molecule has 0 radical (unpaired) electrons. The molecule has 1 N–H and O–H groups in total. The average molecular weight is 377 g/mol. The zero-order valence-electron chi connectivity index (χ0n) is 15.9. The van der Waals surface area contributed by atoms with Crippen molar-refractivity contribution in [3.63, 3.8) is 0 Å². The van der Waals surface area contributed by atoms with Gasteiger partial charge in [0.15, 0.2) is 5.11 Å². The van der Waals surface area contributed by atoms with Gasteiger partial charge in [-0.05, 0) is 55.4 Å². The number of hydrogen-bond acceptors (Lipinski definition) is 2. The number of thiocarbonyl (C=S) groups is 1. The highest BCUT2D eigenvalue weighted by molar-refractivity contribution is 7.80. The lowest BCUT2D eigenvalue weighted by atomic mass is 9.96. The Hall–Kier alpha value is -2.66. The number of rotatable bonds is 4. The second kappa shape index (κ2) is 7.16. The largest absolute Gasteiger partial charge is 0.352 e. The van der Waals surface area contributed by atoms with Crippen LogP contribution in [0.25, 0.3) is 0 Å². The summed E-state index contributed by atoms with van der Waals surface area (Å²) in [7, 11) is 2.12. The quantitative estimate of drug-likeness (QED) is 0.692. The molecule has 0 bridgehead atoms. The van der Waals surface area contributed by atoms with Crippen molar-refractivity contribution in [2.75, 3.05) is 0 Å². The second-order valence-corrected chi connectivity index (χ2v) is 7.51. The van der Waals surface area contributed by atoms with E-state index in [2.05, 4.69) is 77.1 Å². The summed E-state index contributed by atoms with van der Waals surface area (Å²) in [5.74, 6) is 0. The maximum absolute atomic E-state index is 5.76. The Bertz CT molecular complexity index is 949. The summed E-state index contributed by atoms with van der Waals surface area (Å²) in [6, 6.07) is 19.0. The fourth-order valence-electron chi connectivity index (χ4n) is 3.88. The minimum absolute atomic E-state index is 0.0305. The molecule has 1 aromatic carbocycles. The van der Waals surface area contributed by atoms with Crippen LogP contribution in [-0.2, 0) is 13.6 Å². The van der Waals surface area contributed by atoms with Gasteiger partial charge in [-0.2, -0.15) is 0 Å². The maximum Gasteiger partial charge on any atom is 0.170 e. The predicted molar refractivity (Wildman–Crippen MR) is 112 cm³/mol. The van der Waals surface area contributed by atoms with Gasteiger partial charge >= 0.3 is 0 Å². The first-order valence-electron chi connectivity index (χ1n) is 9.21. The van der Waals surface area contributed by atoms with Crippen molar-refractivity contribution in [1.29, 1.82) is 0 Å². The Morgan fingerprint density at radius 1 is 1.07 bits per heavy atom. The zero-order valence-corrected chi connectivity index (χ0v) is 16.7. The van der Waals surface area contributed by atoms with Crippen LogP contribution >= 0.6 is 12.2 Å². The number of benzene rings is 1. The van der Waals surface area contributed by atoms with Gasteiger partial charge in [0.1, 0.15) is 0 Å². The van der Waals surface area contributed by atoms with Gasteiger partial charge in [0.05, 0.1) is 17.8 Å². The van der Waals surface area contributed by atoms with Crippen molar-refractivity contribution in [2.24, 2.45) is 7.05 Å². The Labute approximate surface area is 165 Å². The van der Waals surface area contributed by atoms with E-state index >= 15 is 0 Å². The van der Waals surface area contributed by atoms with Crippen molar-refractivity contribution in [1.82, 2.24) is 19.8 Å². The molecule has 3 heterocycles. The molecule has 1 aliphatic rings. The molecule has 0 unspecified atom stereocenters. The van der Waals surface area contributed by atoms with E-state index in [1.54, 1.807) is 0 Å². The fourth-order valence-corrected chi connectivity index (χ4v) is 4.18. The lowest BCUT2D eigenvalue weighted by Gasteiger charge is -2.28. The molecule has 27 heavy (non-hydrogen) atoms. The Balaban J connectivity index is 1.79. The monoisotopic (exact) mass is 376 g/mol. The van der Waals surface area contributed by atoms with Crippen LogP contribution in [0.2, 0.25) is 0 Å². The van der Waals surface area contributed by atoms with Crippen LogP contribution in [-0.4, -0.2) is 19.6 Å². The Morgan fingerprint density at radius 2 is 1.81 bits per heavy atom. The van der Waals surface area contributed by atoms with Crippen molar-refractivity contribution >= 4 is 17.3 Å². The highest BCUT2D eigenvalue weighted by Gasteiger charge is 2.41. The molecule has 1 fully saturated rings. The lowest BCUT2D eigenvalue weighted by molar-refractivity contribution is 0.310. The van der Waals surface area contributed by atoms with Gasteiger partial charge in [0, 0.05) is 31.2 Å². The standard InChI is InChI=1S/C22H24N4S/c1-15-13-18(16(2)25(15)3)21-20(19-11-7-8-12-23-19)24-22(27)26(21)14-17-9-5-4-6-10-17/h4-13,20-21H,14H2,1-3H3,(H,24,27)/t20-,21-/m1/s1. The Kier molecular flexibility index (Phi) is 4.70. The molecule has 0 spiro atoms. The van der Waals surface area contributed by atoms with Crippen LogP contribution in [0.15, 0.2) is 60.8 Å². The first kappa shape index (κ1) is 17.7. The van der Waals surface area contributed by atoms with Gasteiger partial charge < -0.3 is 14.8 Å². The van der Waals surface area contributed by atoms with E-state index < -0.39 is 0 Å². The summed E-state index contributed by atoms with van der Waals surface area (Å²) in [5, 5.41) is 4.31. The van der Waals surface area contributed by atoms with Crippen molar-refractivity contribution in [2.45, 2.75) is 32.5 Å². The van der Waals surface area contributed by atoms with Crippen LogP contribution < -0.4 is 5.32 Å². The van der Waals surface area contributed by atoms with Gasteiger partial charge in [0.2, 0.25) is 0 Å². The molecule has 3 aromatic rings. The molecule has 2 aromatic heterocycles. The Morgan fingerprint density at radius 3 is 2.44 bits per heavy atom. The molecule has 4 rings (SSSR count). The normalized spacial score (nSPS) is 19.4. The summed E-state index contributed by atoms with van der Waals surface area (Å²) < 4.78 is 2.24. The second-order valence-electron chi connectivity index (χ2n) is 7.13. The minimum Gasteiger partial charge on any atom is -0.352 e. The number of nitrogens with zero attached hydrogens (tertiary/aromatic N) is 3. The third kappa shape index (κ3) is 3.23. The van der Waals surface area contributed by atoms with Crippen molar-refractivity contribution in [3.8, 4) is 0 Å².